The first-order chi connectivity index (χ1) is 25.1. The van der Waals surface area contributed by atoms with Crippen LogP contribution in [-0.4, -0.2) is 8.07 Å². The van der Waals surface area contributed by atoms with E-state index in [1.165, 1.54) is 11.1 Å². The zero-order valence-corrected chi connectivity index (χ0v) is 31.2. The largest absolute Gasteiger partial charge is 0.207 e. The van der Waals surface area contributed by atoms with Gasteiger partial charge in [-0.3, -0.25) is 0 Å². The van der Waals surface area contributed by atoms with Crippen LogP contribution in [0.3, 0.4) is 0 Å². The van der Waals surface area contributed by atoms with Gasteiger partial charge in [-0.15, -0.1) is 0 Å². The summed E-state index contributed by atoms with van der Waals surface area (Å²) in [6.07, 6.45) is 1.60. The fourth-order valence-electron chi connectivity index (χ4n) is 8.34. The van der Waals surface area contributed by atoms with Crippen LogP contribution in [0.1, 0.15) is 61.1 Å². The Morgan fingerprint density at radius 2 is 0.750 bits per heavy atom. The van der Waals surface area contributed by atoms with Crippen LogP contribution < -0.4 is 15.6 Å². The molecule has 0 spiro atoms. The molecule has 0 fully saturated rings. The minimum atomic E-state index is -3.62. The maximum Gasteiger partial charge on any atom is 0.176 e. The molecule has 0 heterocycles. The van der Waals surface area contributed by atoms with Gasteiger partial charge in [-0.2, -0.15) is 0 Å². The van der Waals surface area contributed by atoms with Gasteiger partial charge in [0.2, 0.25) is 0 Å². The van der Waals surface area contributed by atoms with Crippen LogP contribution in [0.2, 0.25) is 0 Å². The predicted octanol–water partition coefficient (Wildman–Crippen LogP) is 10.2. The van der Waals surface area contributed by atoms with Crippen molar-refractivity contribution in [1.29, 1.82) is 0 Å². The molecular formula is C48H43F3Si. The monoisotopic (exact) mass is 704 g/mol. The molecule has 0 aliphatic heterocycles. The molecule has 7 rings (SSSR count). The van der Waals surface area contributed by atoms with Gasteiger partial charge in [0.25, 0.3) is 0 Å². The Morgan fingerprint density at radius 3 is 1.04 bits per heavy atom. The third-order valence-corrected chi connectivity index (χ3v) is 16.0. The van der Waals surface area contributed by atoms with Crippen molar-refractivity contribution in [2.45, 2.75) is 47.0 Å². The minimum absolute atomic E-state index is 0.0193. The lowest BCUT2D eigenvalue weighted by Crippen LogP contribution is -2.70. The predicted molar refractivity (Wildman–Crippen MR) is 212 cm³/mol. The van der Waals surface area contributed by atoms with Crippen molar-refractivity contribution >= 4 is 23.6 Å². The SMILES string of the molecule is CC1=C(C)C(C)C([Si](c2cc(F)cc(Cc3ccccc3)c2)(c2cc(F)cc(Cc3ccccc3)c2)c2cc(F)cc(Cc3ccccc3)c2)=C1C. The number of allylic oxidation sites excluding steroid dienone is 4. The maximum absolute atomic E-state index is 16.3. The van der Waals surface area contributed by atoms with E-state index < -0.39 is 8.07 Å². The highest BCUT2D eigenvalue weighted by Crippen LogP contribution is 2.42. The lowest BCUT2D eigenvalue weighted by Gasteiger charge is -2.39. The van der Waals surface area contributed by atoms with Gasteiger partial charge in [0.15, 0.2) is 8.07 Å². The van der Waals surface area contributed by atoms with E-state index in [0.29, 0.717) is 19.3 Å². The zero-order chi connectivity index (χ0) is 36.4. The second kappa shape index (κ2) is 14.8. The Balaban J connectivity index is 1.56. The molecule has 1 unspecified atom stereocenters. The Bertz CT molecular complexity index is 2070. The average molecular weight is 705 g/mol. The topological polar surface area (TPSA) is 0 Å². The van der Waals surface area contributed by atoms with Crippen LogP contribution >= 0.6 is 0 Å². The number of rotatable bonds is 10. The van der Waals surface area contributed by atoms with Crippen molar-refractivity contribution in [3.63, 3.8) is 0 Å². The van der Waals surface area contributed by atoms with Crippen LogP contribution in [0, 0.1) is 23.4 Å². The van der Waals surface area contributed by atoms with E-state index in [1.54, 1.807) is 36.4 Å². The van der Waals surface area contributed by atoms with Gasteiger partial charge in [0.05, 0.1) is 0 Å². The number of halogens is 3. The molecule has 0 bridgehead atoms. The summed E-state index contributed by atoms with van der Waals surface area (Å²) >= 11 is 0. The van der Waals surface area contributed by atoms with E-state index >= 15 is 13.2 Å². The van der Waals surface area contributed by atoms with Crippen molar-refractivity contribution in [3.05, 3.63) is 218 Å². The molecule has 6 aromatic carbocycles. The highest BCUT2D eigenvalue weighted by molar-refractivity contribution is 7.16. The molecule has 0 amide bonds. The molecule has 52 heavy (non-hydrogen) atoms. The molecule has 1 aliphatic carbocycles. The van der Waals surface area contributed by atoms with Crippen molar-refractivity contribution in [1.82, 2.24) is 0 Å². The lowest BCUT2D eigenvalue weighted by molar-refractivity contribution is 0.627. The van der Waals surface area contributed by atoms with Crippen molar-refractivity contribution in [2.75, 3.05) is 0 Å². The molecule has 0 N–H and O–H groups in total. The summed E-state index contributed by atoms with van der Waals surface area (Å²) in [5, 5.41) is 3.50. The van der Waals surface area contributed by atoms with Crippen LogP contribution in [0.4, 0.5) is 13.2 Å². The molecule has 4 heteroatoms. The Kier molecular flexibility index (Phi) is 10.0. The summed E-state index contributed by atoms with van der Waals surface area (Å²) in [5.74, 6) is -1.08. The van der Waals surface area contributed by atoms with E-state index in [9.17, 15) is 0 Å². The number of hydrogen-bond donors (Lipinski definition) is 0. The van der Waals surface area contributed by atoms with Crippen LogP contribution in [0.25, 0.3) is 0 Å². The quantitative estimate of drug-likeness (QED) is 0.0984. The highest BCUT2D eigenvalue weighted by Gasteiger charge is 2.49. The summed E-state index contributed by atoms with van der Waals surface area (Å²) in [4.78, 5) is 0. The zero-order valence-electron chi connectivity index (χ0n) is 30.2. The van der Waals surface area contributed by atoms with Gasteiger partial charge in [0, 0.05) is 0 Å². The molecule has 260 valence electrons. The normalized spacial score (nSPS) is 14.7. The van der Waals surface area contributed by atoms with Gasteiger partial charge in [-0.25, -0.2) is 13.2 Å². The summed E-state index contributed by atoms with van der Waals surface area (Å²) in [6, 6.07) is 46.2. The van der Waals surface area contributed by atoms with Crippen LogP contribution in [0.5, 0.6) is 0 Å². The highest BCUT2D eigenvalue weighted by atomic mass is 28.3. The van der Waals surface area contributed by atoms with Crippen molar-refractivity contribution < 1.29 is 13.2 Å². The first kappa shape index (κ1) is 35.2. The van der Waals surface area contributed by atoms with Gasteiger partial charge in [-0.05, 0) is 137 Å². The van der Waals surface area contributed by atoms with Crippen molar-refractivity contribution in [3.8, 4) is 0 Å². The molecule has 1 atom stereocenters. The lowest BCUT2D eigenvalue weighted by atomic mass is 10.0. The van der Waals surface area contributed by atoms with E-state index in [0.717, 1.165) is 59.7 Å². The molecule has 0 radical (unpaired) electrons. The molecule has 6 aromatic rings. The van der Waals surface area contributed by atoms with Crippen LogP contribution in [0.15, 0.2) is 168 Å². The Hall–Kier alpha value is -5.19. The number of benzene rings is 6. The van der Waals surface area contributed by atoms with Gasteiger partial charge in [-0.1, -0.05) is 132 Å². The first-order valence-corrected chi connectivity index (χ1v) is 20.0. The maximum atomic E-state index is 16.3. The molecule has 0 saturated heterocycles. The second-order valence-electron chi connectivity index (χ2n) is 14.3. The molecule has 0 nitrogen and oxygen atoms in total. The third-order valence-electron chi connectivity index (χ3n) is 11.0. The third kappa shape index (κ3) is 7.00. The van der Waals surface area contributed by atoms with E-state index in [-0.39, 0.29) is 23.4 Å². The Labute approximate surface area is 307 Å². The van der Waals surface area contributed by atoms with Crippen molar-refractivity contribution in [2.24, 2.45) is 5.92 Å². The van der Waals surface area contributed by atoms with E-state index in [4.69, 9.17) is 0 Å². The molecule has 0 saturated carbocycles. The molecule has 1 aliphatic rings. The second-order valence-corrected chi connectivity index (χ2v) is 18.1. The summed E-state index contributed by atoms with van der Waals surface area (Å²) in [6.45, 7) is 8.63. The molecule has 0 aromatic heterocycles. The average Bonchev–Trinajstić information content (AvgIpc) is 3.31. The summed E-state index contributed by atoms with van der Waals surface area (Å²) in [5.41, 5.74) is 9.20. The number of hydrogen-bond acceptors (Lipinski definition) is 0. The van der Waals surface area contributed by atoms with Crippen LogP contribution in [-0.2, 0) is 19.3 Å². The first-order valence-electron chi connectivity index (χ1n) is 18.0. The summed E-state index contributed by atoms with van der Waals surface area (Å²) < 4.78 is 48.8. The van der Waals surface area contributed by atoms with Gasteiger partial charge < -0.3 is 0 Å². The standard InChI is InChI=1S/C48H43F3Si/c1-32-33(2)35(4)48(34(32)3)52(45-26-39(23-42(49)29-45)20-36-14-8-5-9-15-36,46-27-40(24-43(50)30-46)21-37-16-10-6-11-17-37)47-28-41(25-44(51)31-47)22-38-18-12-7-13-19-38/h5-19,23-31,34H,20-22H2,1-4H3. The smallest absolute Gasteiger partial charge is 0.176 e. The fraction of sp³-hybridized carbons (Fsp3) is 0.167. The van der Waals surface area contributed by atoms with E-state index in [2.05, 4.69) is 45.9 Å². The molecular weight excluding hydrogens is 662 g/mol. The summed E-state index contributed by atoms with van der Waals surface area (Å²) in [7, 11) is -3.62. The van der Waals surface area contributed by atoms with Gasteiger partial charge in [0.1, 0.15) is 17.5 Å². The van der Waals surface area contributed by atoms with Gasteiger partial charge >= 0.3 is 0 Å². The Morgan fingerprint density at radius 1 is 0.423 bits per heavy atom. The fourth-order valence-corrected chi connectivity index (χ4v) is 14.2. The minimum Gasteiger partial charge on any atom is -0.207 e. The van der Waals surface area contributed by atoms with E-state index in [1.807, 2.05) is 91.0 Å².